The molecule has 2 unspecified atom stereocenters. The van der Waals surface area contributed by atoms with Crippen molar-refractivity contribution in [2.75, 3.05) is 0 Å². The summed E-state index contributed by atoms with van der Waals surface area (Å²) < 4.78 is 0. The third-order valence-electron chi connectivity index (χ3n) is 5.98. The van der Waals surface area contributed by atoms with Crippen LogP contribution in [0.3, 0.4) is 0 Å². The first-order chi connectivity index (χ1) is 11.0. The molecule has 1 aromatic carbocycles. The van der Waals surface area contributed by atoms with Crippen LogP contribution in [0.25, 0.3) is 11.1 Å². The molecule has 0 saturated carbocycles. The summed E-state index contributed by atoms with van der Waals surface area (Å²) in [5, 5.41) is 0. The van der Waals surface area contributed by atoms with Crippen molar-refractivity contribution in [1.82, 2.24) is 0 Å². The Labute approximate surface area is 142 Å². The quantitative estimate of drug-likeness (QED) is 0.643. The molecule has 0 nitrogen and oxygen atoms in total. The number of hydrogen-bond donors (Lipinski definition) is 0. The van der Waals surface area contributed by atoms with Crippen LogP contribution in [0.4, 0.5) is 0 Å². The molecule has 0 saturated heterocycles. The van der Waals surface area contributed by atoms with Crippen molar-refractivity contribution in [3.05, 3.63) is 70.2 Å². The van der Waals surface area contributed by atoms with Crippen molar-refractivity contribution in [3.8, 4) is 0 Å². The Balaban J connectivity index is 1.99. The van der Waals surface area contributed by atoms with Gasteiger partial charge in [0, 0.05) is 0 Å². The fraction of sp³-hybridized carbons (Fsp3) is 0.364. The van der Waals surface area contributed by atoms with Gasteiger partial charge in [0.2, 0.25) is 0 Å². The lowest BCUT2D eigenvalue weighted by Gasteiger charge is -2.32. The maximum absolute atomic E-state index is 2.36. The van der Waals surface area contributed by atoms with Crippen molar-refractivity contribution in [1.29, 1.82) is 0 Å². The largest absolute Gasteiger partial charge is 0.134 e. The first-order valence-corrected chi connectivity index (χ1v) is 8.86. The molecule has 0 N–H and O–H groups in total. The Morgan fingerprint density at radius 3 is 2.17 bits per heavy atom. The Morgan fingerprint density at radius 1 is 0.913 bits per heavy atom. The zero-order valence-corrected chi connectivity index (χ0v) is 15.1. The molecule has 3 rings (SSSR count). The van der Waals surface area contributed by atoms with Gasteiger partial charge in [0.05, 0.1) is 0 Å². The molecule has 2 aliphatic rings. The van der Waals surface area contributed by atoms with Gasteiger partial charge in [0.15, 0.2) is 0 Å². The van der Waals surface area contributed by atoms with Gasteiger partial charge >= 0.3 is 0 Å². The van der Waals surface area contributed by atoms with E-state index in [2.05, 4.69) is 78.0 Å². The van der Waals surface area contributed by atoms with Crippen LogP contribution >= 0.6 is 0 Å². The zero-order chi connectivity index (χ0) is 16.6. The molecule has 0 aromatic heterocycles. The number of rotatable bonds is 2. The van der Waals surface area contributed by atoms with Crippen molar-refractivity contribution >= 4 is 19.0 Å². The monoisotopic (exact) mass is 302 g/mol. The Hall–Kier alpha value is -1.76. The maximum atomic E-state index is 2.36. The lowest BCUT2D eigenvalue weighted by molar-refractivity contribution is 0.513. The van der Waals surface area contributed by atoms with Crippen LogP contribution in [0.5, 0.6) is 0 Å². The van der Waals surface area contributed by atoms with E-state index in [1.807, 2.05) is 0 Å². The summed E-state index contributed by atoms with van der Waals surface area (Å²) in [5.41, 5.74) is 10.1. The van der Waals surface area contributed by atoms with E-state index in [-0.39, 0.29) is 0 Å². The van der Waals surface area contributed by atoms with E-state index in [0.29, 0.717) is 11.8 Å². The lowest BCUT2D eigenvalue weighted by Crippen LogP contribution is -2.20. The predicted molar refractivity (Wildman–Crippen MR) is 105 cm³/mol. The molecule has 23 heavy (non-hydrogen) atoms. The Morgan fingerprint density at radius 2 is 1.57 bits per heavy atom. The summed E-state index contributed by atoms with van der Waals surface area (Å²) in [5.74, 6) is 1.27. The van der Waals surface area contributed by atoms with E-state index in [1.165, 1.54) is 39.8 Å². The van der Waals surface area contributed by atoms with Crippen LogP contribution in [-0.4, -0.2) is 7.85 Å². The van der Waals surface area contributed by atoms with Gasteiger partial charge in [-0.15, -0.1) is 5.47 Å². The molecule has 2 atom stereocenters. The molecule has 0 radical (unpaired) electrons. The van der Waals surface area contributed by atoms with Gasteiger partial charge in [-0.05, 0) is 60.8 Å². The van der Waals surface area contributed by atoms with E-state index >= 15 is 0 Å². The molecule has 2 aliphatic carbocycles. The van der Waals surface area contributed by atoms with Crippen LogP contribution < -0.4 is 0 Å². The van der Waals surface area contributed by atoms with Crippen LogP contribution in [0.15, 0.2) is 59.1 Å². The molecule has 0 fully saturated rings. The number of benzene rings is 1. The molecule has 0 heterocycles. The molecule has 0 bridgehead atoms. The minimum atomic E-state index is 0.623. The fourth-order valence-corrected chi connectivity index (χ4v) is 3.91. The lowest BCUT2D eigenvalue weighted by atomic mass is 9.66. The Kier molecular flexibility index (Phi) is 4.48. The topological polar surface area (TPSA) is 0 Å². The number of hydrogen-bond acceptors (Lipinski definition) is 0. The second-order valence-corrected chi connectivity index (χ2v) is 7.16. The van der Waals surface area contributed by atoms with Gasteiger partial charge in [-0.1, -0.05) is 67.5 Å². The van der Waals surface area contributed by atoms with Crippen LogP contribution in [0.2, 0.25) is 0 Å². The fourth-order valence-electron chi connectivity index (χ4n) is 3.91. The highest BCUT2D eigenvalue weighted by Crippen LogP contribution is 2.41. The summed E-state index contributed by atoms with van der Waals surface area (Å²) in [6, 6.07) is 9.17. The molecule has 1 aromatic rings. The maximum Gasteiger partial charge on any atom is 0.134 e. The average Bonchev–Trinajstić information content (AvgIpc) is 2.60. The molecule has 1 heteroatoms. The molecule has 0 spiro atoms. The van der Waals surface area contributed by atoms with Gasteiger partial charge < -0.3 is 0 Å². The van der Waals surface area contributed by atoms with Gasteiger partial charge in [0.1, 0.15) is 7.85 Å². The van der Waals surface area contributed by atoms with E-state index in [1.54, 1.807) is 5.47 Å². The Bertz CT molecular complexity index is 726. The van der Waals surface area contributed by atoms with Gasteiger partial charge in [-0.25, -0.2) is 0 Å². The highest BCUT2D eigenvalue weighted by atomic mass is 14.3. The smallest absolute Gasteiger partial charge is 0.103 e. The SMILES string of the molecule is BC1=C(C)C(c2ccc(C3=CCCC=C3)cc2)=C(C)C(C)C1C. The predicted octanol–water partition coefficient (Wildman–Crippen LogP) is 5.39. The van der Waals surface area contributed by atoms with Crippen molar-refractivity contribution in [3.63, 3.8) is 0 Å². The van der Waals surface area contributed by atoms with Crippen molar-refractivity contribution in [2.45, 2.75) is 40.5 Å². The zero-order valence-electron chi connectivity index (χ0n) is 15.1. The number of allylic oxidation sites excluding steroid dienone is 8. The van der Waals surface area contributed by atoms with E-state index in [4.69, 9.17) is 0 Å². The summed E-state index contributed by atoms with van der Waals surface area (Å²) in [4.78, 5) is 0. The van der Waals surface area contributed by atoms with Crippen LogP contribution in [0.1, 0.15) is 51.7 Å². The molecule has 0 aliphatic heterocycles. The molecular formula is C22H27B. The van der Waals surface area contributed by atoms with Crippen LogP contribution in [0, 0.1) is 11.8 Å². The van der Waals surface area contributed by atoms with E-state index in [9.17, 15) is 0 Å². The second kappa shape index (κ2) is 6.39. The summed E-state index contributed by atoms with van der Waals surface area (Å²) in [6.07, 6.45) is 9.21. The second-order valence-electron chi connectivity index (χ2n) is 7.16. The summed E-state index contributed by atoms with van der Waals surface area (Å²) >= 11 is 0. The third kappa shape index (κ3) is 2.90. The first kappa shape index (κ1) is 16.1. The first-order valence-electron chi connectivity index (χ1n) is 8.86. The van der Waals surface area contributed by atoms with Gasteiger partial charge in [-0.2, -0.15) is 0 Å². The summed E-state index contributed by atoms with van der Waals surface area (Å²) in [7, 11) is 2.30. The van der Waals surface area contributed by atoms with Gasteiger partial charge in [-0.3, -0.25) is 0 Å². The van der Waals surface area contributed by atoms with Gasteiger partial charge in [0.25, 0.3) is 0 Å². The highest BCUT2D eigenvalue weighted by molar-refractivity contribution is 6.24. The normalized spacial score (nSPS) is 25.0. The standard InChI is InChI=1S/C22H27B/c1-14-15(2)21(17(4)22(23)16(14)3)20-12-10-19(11-13-20)18-8-6-5-7-9-18/h6,8-14,16H,5,7,23H2,1-4H3. The van der Waals surface area contributed by atoms with Crippen LogP contribution in [-0.2, 0) is 0 Å². The van der Waals surface area contributed by atoms with Crippen molar-refractivity contribution in [2.24, 2.45) is 11.8 Å². The van der Waals surface area contributed by atoms with E-state index < -0.39 is 0 Å². The minimum Gasteiger partial charge on any atom is -0.103 e. The van der Waals surface area contributed by atoms with Crippen molar-refractivity contribution < 1.29 is 0 Å². The third-order valence-corrected chi connectivity index (χ3v) is 5.98. The van der Waals surface area contributed by atoms with E-state index in [0.717, 1.165) is 6.42 Å². The average molecular weight is 302 g/mol. The highest BCUT2D eigenvalue weighted by Gasteiger charge is 2.26. The summed E-state index contributed by atoms with van der Waals surface area (Å²) in [6.45, 7) is 9.32. The molecule has 0 amide bonds. The minimum absolute atomic E-state index is 0.623. The molecular weight excluding hydrogens is 275 g/mol. The molecule has 118 valence electrons.